The minimum absolute atomic E-state index is 0.997. The normalized spacial score (nSPS) is 10.6. The van der Waals surface area contributed by atoms with Gasteiger partial charge >= 0.3 is 12.3 Å². The maximum Gasteiger partial charge on any atom is 0.324 e. The number of hydrogen-bond donors (Lipinski definition) is 1. The van der Waals surface area contributed by atoms with Crippen LogP contribution in [0.4, 0.5) is 17.6 Å². The van der Waals surface area contributed by atoms with Gasteiger partial charge in [-0.25, -0.2) is 8.78 Å². The molecule has 1 N–H and O–H groups in total. The molecule has 6 heteroatoms. The number of halogens is 4. The van der Waals surface area contributed by atoms with Gasteiger partial charge in [0.05, 0.1) is 6.54 Å². The third-order valence-corrected chi connectivity index (χ3v) is 1.04. The van der Waals surface area contributed by atoms with Crippen LogP contribution >= 0.6 is 0 Å². The Labute approximate surface area is 72.3 Å². The SMILES string of the molecule is CC#CC(=O)NCC(F)(F)C(F)F. The van der Waals surface area contributed by atoms with Crippen molar-refractivity contribution in [2.45, 2.75) is 19.3 Å². The fourth-order valence-corrected chi connectivity index (χ4v) is 0.433. The van der Waals surface area contributed by atoms with Crippen LogP contribution in [0.25, 0.3) is 0 Å². The van der Waals surface area contributed by atoms with Crippen molar-refractivity contribution in [1.82, 2.24) is 5.32 Å². The molecule has 0 aromatic rings. The van der Waals surface area contributed by atoms with Gasteiger partial charge in [-0.2, -0.15) is 8.78 Å². The van der Waals surface area contributed by atoms with Gasteiger partial charge in [0, 0.05) is 0 Å². The topological polar surface area (TPSA) is 29.1 Å². The monoisotopic (exact) mass is 197 g/mol. The van der Waals surface area contributed by atoms with Crippen molar-refractivity contribution in [2.75, 3.05) is 6.54 Å². The molecule has 0 spiro atoms. The van der Waals surface area contributed by atoms with Crippen molar-refractivity contribution in [1.29, 1.82) is 0 Å². The Kier molecular flexibility index (Phi) is 4.25. The summed E-state index contributed by atoms with van der Waals surface area (Å²) in [5, 5.41) is 1.56. The lowest BCUT2D eigenvalue weighted by Crippen LogP contribution is -2.40. The van der Waals surface area contributed by atoms with Gasteiger partial charge in [-0.15, -0.1) is 0 Å². The van der Waals surface area contributed by atoms with Crippen LogP contribution in [0.1, 0.15) is 6.92 Å². The van der Waals surface area contributed by atoms with Crippen LogP contribution < -0.4 is 5.32 Å². The number of carbonyl (C=O) groups is 1. The highest BCUT2D eigenvalue weighted by Gasteiger charge is 2.40. The summed E-state index contributed by atoms with van der Waals surface area (Å²) in [6.07, 6.45) is -3.79. The number of amides is 1. The van der Waals surface area contributed by atoms with Gasteiger partial charge in [0.25, 0.3) is 5.91 Å². The van der Waals surface area contributed by atoms with Crippen LogP contribution in [-0.4, -0.2) is 24.8 Å². The predicted molar refractivity (Wildman–Crippen MR) is 37.4 cm³/mol. The molecule has 0 aliphatic carbocycles. The minimum Gasteiger partial charge on any atom is -0.339 e. The Balaban J connectivity index is 4.00. The molecule has 0 aliphatic heterocycles. The van der Waals surface area contributed by atoms with Gasteiger partial charge in [0.2, 0.25) is 0 Å². The summed E-state index contributed by atoms with van der Waals surface area (Å²) in [4.78, 5) is 10.4. The van der Waals surface area contributed by atoms with Crippen LogP contribution in [0.5, 0.6) is 0 Å². The van der Waals surface area contributed by atoms with Gasteiger partial charge in [0.1, 0.15) is 0 Å². The fourth-order valence-electron chi connectivity index (χ4n) is 0.433. The molecule has 13 heavy (non-hydrogen) atoms. The molecule has 0 fully saturated rings. The number of nitrogens with one attached hydrogen (secondary N) is 1. The second-order valence-corrected chi connectivity index (χ2v) is 2.12. The summed E-state index contributed by atoms with van der Waals surface area (Å²) < 4.78 is 47.3. The molecular formula is C7H7F4NO. The van der Waals surface area contributed by atoms with Gasteiger partial charge in [-0.3, -0.25) is 4.79 Å². The van der Waals surface area contributed by atoms with Gasteiger partial charge in [-0.05, 0) is 12.8 Å². The first-order valence-corrected chi connectivity index (χ1v) is 3.26. The molecule has 0 heterocycles. The number of rotatable bonds is 3. The quantitative estimate of drug-likeness (QED) is 0.531. The zero-order chi connectivity index (χ0) is 10.5. The first-order valence-electron chi connectivity index (χ1n) is 3.26. The van der Waals surface area contributed by atoms with Crippen molar-refractivity contribution in [3.05, 3.63) is 0 Å². The zero-order valence-electron chi connectivity index (χ0n) is 6.70. The van der Waals surface area contributed by atoms with Crippen molar-refractivity contribution >= 4 is 5.91 Å². The van der Waals surface area contributed by atoms with Gasteiger partial charge in [-0.1, -0.05) is 5.92 Å². The molecule has 2 nitrogen and oxygen atoms in total. The number of carbonyl (C=O) groups excluding carboxylic acids is 1. The molecule has 0 radical (unpaired) electrons. The Morgan fingerprint density at radius 2 is 2.08 bits per heavy atom. The molecular weight excluding hydrogens is 190 g/mol. The molecule has 0 saturated heterocycles. The maximum absolute atomic E-state index is 12.1. The second kappa shape index (κ2) is 4.70. The van der Waals surface area contributed by atoms with E-state index in [4.69, 9.17) is 0 Å². The van der Waals surface area contributed by atoms with Crippen molar-refractivity contribution in [2.24, 2.45) is 0 Å². The third kappa shape index (κ3) is 4.35. The molecule has 0 aliphatic rings. The molecule has 74 valence electrons. The first kappa shape index (κ1) is 11.8. The number of hydrogen-bond acceptors (Lipinski definition) is 1. The van der Waals surface area contributed by atoms with Crippen LogP contribution in [0, 0.1) is 11.8 Å². The smallest absolute Gasteiger partial charge is 0.324 e. The predicted octanol–water partition coefficient (Wildman–Crippen LogP) is 1.03. The molecule has 0 aromatic carbocycles. The largest absolute Gasteiger partial charge is 0.339 e. The standard InChI is InChI=1S/C7H7F4NO/c1-2-3-5(13)12-4-7(10,11)6(8)9/h6H,4H2,1H3,(H,12,13). The van der Waals surface area contributed by atoms with E-state index in [-0.39, 0.29) is 0 Å². The maximum atomic E-state index is 12.1. The Morgan fingerprint density at radius 1 is 1.54 bits per heavy atom. The average Bonchev–Trinajstić information content (AvgIpc) is 2.01. The molecule has 0 unspecified atom stereocenters. The Morgan fingerprint density at radius 3 is 2.46 bits per heavy atom. The lowest BCUT2D eigenvalue weighted by Gasteiger charge is -2.14. The van der Waals surface area contributed by atoms with E-state index in [9.17, 15) is 22.4 Å². The second-order valence-electron chi connectivity index (χ2n) is 2.12. The van der Waals surface area contributed by atoms with Crippen LogP contribution in [0.3, 0.4) is 0 Å². The lowest BCUT2D eigenvalue weighted by atomic mass is 10.3. The Hall–Kier alpha value is -1.25. The summed E-state index contributed by atoms with van der Waals surface area (Å²) in [7, 11) is 0. The summed E-state index contributed by atoms with van der Waals surface area (Å²) in [6, 6.07) is 0. The van der Waals surface area contributed by atoms with Crippen LogP contribution in [0.15, 0.2) is 0 Å². The average molecular weight is 197 g/mol. The zero-order valence-corrected chi connectivity index (χ0v) is 6.70. The van der Waals surface area contributed by atoms with Gasteiger partial charge in [0.15, 0.2) is 0 Å². The molecule has 0 atom stereocenters. The highest BCUT2D eigenvalue weighted by molar-refractivity contribution is 5.93. The van der Waals surface area contributed by atoms with E-state index in [0.717, 1.165) is 0 Å². The summed E-state index contributed by atoms with van der Waals surface area (Å²) in [5.74, 6) is -1.18. The van der Waals surface area contributed by atoms with Crippen molar-refractivity contribution < 1.29 is 22.4 Å². The fraction of sp³-hybridized carbons (Fsp3) is 0.571. The van der Waals surface area contributed by atoms with Crippen molar-refractivity contribution in [3.8, 4) is 11.8 Å². The minimum atomic E-state index is -4.20. The van der Waals surface area contributed by atoms with Gasteiger partial charge < -0.3 is 5.32 Å². The van der Waals surface area contributed by atoms with Crippen LogP contribution in [-0.2, 0) is 4.79 Å². The molecule has 0 saturated carbocycles. The van der Waals surface area contributed by atoms with Crippen molar-refractivity contribution in [3.63, 3.8) is 0 Å². The van der Waals surface area contributed by atoms with E-state index in [1.54, 1.807) is 5.32 Å². The van der Waals surface area contributed by atoms with E-state index < -0.39 is 24.8 Å². The van der Waals surface area contributed by atoms with E-state index in [2.05, 4.69) is 5.92 Å². The highest BCUT2D eigenvalue weighted by Crippen LogP contribution is 2.21. The summed E-state index contributed by atoms with van der Waals surface area (Å²) in [6.45, 7) is -0.0803. The third-order valence-electron chi connectivity index (χ3n) is 1.04. The first-order chi connectivity index (χ1) is 5.90. The Bertz CT molecular complexity index is 241. The van der Waals surface area contributed by atoms with Crippen LogP contribution in [0.2, 0.25) is 0 Å². The number of alkyl halides is 4. The molecule has 0 bridgehead atoms. The summed E-state index contributed by atoms with van der Waals surface area (Å²) in [5.41, 5.74) is 0. The highest BCUT2D eigenvalue weighted by atomic mass is 19.3. The summed E-state index contributed by atoms with van der Waals surface area (Å²) >= 11 is 0. The van der Waals surface area contributed by atoms with E-state index in [0.29, 0.717) is 0 Å². The molecule has 1 amide bonds. The lowest BCUT2D eigenvalue weighted by molar-refractivity contribution is -0.133. The van der Waals surface area contributed by atoms with E-state index in [1.165, 1.54) is 6.92 Å². The van der Waals surface area contributed by atoms with E-state index in [1.807, 2.05) is 5.92 Å². The van der Waals surface area contributed by atoms with E-state index >= 15 is 0 Å². The molecule has 0 rings (SSSR count). The molecule has 0 aromatic heterocycles.